The van der Waals surface area contributed by atoms with Gasteiger partial charge in [0.05, 0.1) is 0 Å². The van der Waals surface area contributed by atoms with Crippen molar-refractivity contribution in [3.05, 3.63) is 48.3 Å². The molecule has 1 aromatic carbocycles. The van der Waals surface area contributed by atoms with Crippen molar-refractivity contribution in [3.8, 4) is 23.1 Å². The van der Waals surface area contributed by atoms with Crippen LogP contribution in [0.25, 0.3) is 16.9 Å². The van der Waals surface area contributed by atoms with Crippen LogP contribution in [-0.4, -0.2) is 46.1 Å². The second kappa shape index (κ2) is 13.2. The van der Waals surface area contributed by atoms with Gasteiger partial charge in [0, 0.05) is 0 Å². The van der Waals surface area contributed by atoms with Crippen molar-refractivity contribution in [2.24, 2.45) is 0 Å². The van der Waals surface area contributed by atoms with Crippen molar-refractivity contribution < 1.29 is 9.84 Å². The molecule has 0 aliphatic carbocycles. The molecule has 0 amide bonds. The number of ether oxygens (including phenoxy) is 1. The molecule has 0 radical (unpaired) electrons. The van der Waals surface area contributed by atoms with Crippen LogP contribution in [0, 0.1) is 11.3 Å². The summed E-state index contributed by atoms with van der Waals surface area (Å²) in [6, 6.07) is 14.5. The van der Waals surface area contributed by atoms with Gasteiger partial charge in [-0.1, -0.05) is 0 Å². The predicted molar refractivity (Wildman–Crippen MR) is 142 cm³/mol. The number of hydrogen-bond donors (Lipinski definition) is 1. The first kappa shape index (κ1) is 26.6. The fourth-order valence-electron chi connectivity index (χ4n) is 4.89. The van der Waals surface area contributed by atoms with E-state index in [0.717, 1.165) is 11.2 Å². The zero-order valence-corrected chi connectivity index (χ0v) is 23.9. The second-order valence-corrected chi connectivity index (χ2v) is 22.5. The molecule has 0 unspecified atom stereocenters. The van der Waals surface area contributed by atoms with Gasteiger partial charge in [-0.3, -0.25) is 0 Å². The third-order valence-corrected chi connectivity index (χ3v) is 22.4. The van der Waals surface area contributed by atoms with Crippen LogP contribution >= 0.6 is 0 Å². The zero-order valence-electron chi connectivity index (χ0n) is 21.0. The molecule has 182 valence electrons. The van der Waals surface area contributed by atoms with Crippen LogP contribution in [0.3, 0.4) is 0 Å². The molecule has 0 saturated carbocycles. The quantitative estimate of drug-likeness (QED) is 0.232. The summed E-state index contributed by atoms with van der Waals surface area (Å²) in [5.74, 6) is 0.698. The van der Waals surface area contributed by atoms with E-state index in [2.05, 4.69) is 45.2 Å². The van der Waals surface area contributed by atoms with E-state index < -0.39 is 18.4 Å². The Bertz CT molecular complexity index is 1060. The third kappa shape index (κ3) is 6.14. The normalized spacial score (nSPS) is 11.6. The topological polar surface area (TPSA) is 70.5 Å². The molecular weight excluding hydrogens is 529 g/mol. The van der Waals surface area contributed by atoms with Crippen LogP contribution in [0.4, 0.5) is 0 Å². The fourth-order valence-corrected chi connectivity index (χ4v) is 20.7. The molecule has 6 heteroatoms. The van der Waals surface area contributed by atoms with Crippen molar-refractivity contribution in [2.45, 2.75) is 72.6 Å². The second-order valence-electron chi connectivity index (χ2n) is 9.25. The van der Waals surface area contributed by atoms with Gasteiger partial charge in [-0.2, -0.15) is 0 Å². The molecule has 0 aliphatic heterocycles. The number of aliphatic hydroxyl groups is 1. The van der Waals surface area contributed by atoms with Gasteiger partial charge in [0.1, 0.15) is 0 Å². The number of rotatable bonds is 14. The van der Waals surface area contributed by atoms with Crippen molar-refractivity contribution in [1.82, 2.24) is 9.38 Å². The molecule has 3 aromatic rings. The average molecular weight is 568 g/mol. The van der Waals surface area contributed by atoms with E-state index in [9.17, 15) is 5.26 Å². The molecule has 5 nitrogen and oxygen atoms in total. The van der Waals surface area contributed by atoms with Crippen LogP contribution in [0.15, 0.2) is 42.6 Å². The molecule has 0 saturated heterocycles. The summed E-state index contributed by atoms with van der Waals surface area (Å²) in [7, 11) is 0. The summed E-state index contributed by atoms with van der Waals surface area (Å²) in [6.07, 6.45) is 9.95. The fraction of sp³-hybridized carbons (Fsp3) is 0.500. The Hall–Kier alpha value is -2.04. The standard InChI is InChI=1S/C16H12N3O2.3C4H9.Sn/c17-11-14-16(18-15-3-1-2-8-19(14)15)12-4-6-13(7-5-12)21-10-9-20;3*1-3-4-2;/h1,3-8,20H,9-10H2;3*1,3-4H2,2H3;. The van der Waals surface area contributed by atoms with Gasteiger partial charge in [-0.05, 0) is 0 Å². The van der Waals surface area contributed by atoms with Crippen LogP contribution in [0.5, 0.6) is 5.75 Å². The van der Waals surface area contributed by atoms with E-state index in [1.807, 2.05) is 28.7 Å². The first-order chi connectivity index (χ1) is 16.6. The van der Waals surface area contributed by atoms with Gasteiger partial charge in [0.25, 0.3) is 0 Å². The van der Waals surface area contributed by atoms with E-state index in [4.69, 9.17) is 14.8 Å². The van der Waals surface area contributed by atoms with E-state index in [0.29, 0.717) is 17.1 Å². The monoisotopic (exact) mass is 569 g/mol. The van der Waals surface area contributed by atoms with E-state index in [-0.39, 0.29) is 13.2 Å². The Balaban J connectivity index is 2.05. The SMILES string of the molecule is CCC[CH2][Sn]([CH2]CCC)([CH2]CCC)[c]1ccc2nc(-c3ccc(OCCO)cc3)c(C#N)n2c1. The molecular formula is C28H39N3O2Sn. The molecule has 0 aliphatic rings. The average Bonchev–Trinajstić information content (AvgIpc) is 3.25. The number of fused-ring (bicyclic) bond motifs is 1. The molecule has 0 bridgehead atoms. The first-order valence-corrected chi connectivity index (χ1v) is 20.4. The number of pyridine rings is 1. The first-order valence-electron chi connectivity index (χ1n) is 12.9. The van der Waals surface area contributed by atoms with Crippen molar-refractivity contribution in [2.75, 3.05) is 13.2 Å². The van der Waals surface area contributed by atoms with Gasteiger partial charge < -0.3 is 5.11 Å². The van der Waals surface area contributed by atoms with Gasteiger partial charge in [-0.25, -0.2) is 0 Å². The summed E-state index contributed by atoms with van der Waals surface area (Å²) in [5.41, 5.74) is 3.04. The number of nitriles is 1. The van der Waals surface area contributed by atoms with E-state index in [1.54, 1.807) is 3.58 Å². The summed E-state index contributed by atoms with van der Waals surface area (Å²) < 4.78 is 13.3. The minimum absolute atomic E-state index is 0.0175. The number of aromatic nitrogens is 2. The number of nitrogens with zero attached hydrogens (tertiary/aromatic N) is 3. The summed E-state index contributed by atoms with van der Waals surface area (Å²) in [6.45, 7) is 7.15. The number of hydrogen-bond acceptors (Lipinski definition) is 4. The molecule has 2 heterocycles. The molecule has 34 heavy (non-hydrogen) atoms. The van der Waals surface area contributed by atoms with Gasteiger partial charge >= 0.3 is 204 Å². The Morgan fingerprint density at radius 2 is 1.56 bits per heavy atom. The van der Waals surface area contributed by atoms with E-state index in [1.165, 1.54) is 51.8 Å². The molecule has 0 atom stereocenters. The Morgan fingerprint density at radius 1 is 0.941 bits per heavy atom. The maximum atomic E-state index is 10.1. The Morgan fingerprint density at radius 3 is 2.09 bits per heavy atom. The number of unbranched alkanes of at least 4 members (excludes halogenated alkanes) is 3. The zero-order chi connectivity index (χ0) is 24.4. The van der Waals surface area contributed by atoms with Crippen LogP contribution < -0.4 is 8.32 Å². The van der Waals surface area contributed by atoms with Crippen LogP contribution in [0.1, 0.15) is 65.0 Å². The Labute approximate surface area is 208 Å². The van der Waals surface area contributed by atoms with E-state index >= 15 is 0 Å². The van der Waals surface area contributed by atoms with Gasteiger partial charge in [0.15, 0.2) is 0 Å². The van der Waals surface area contributed by atoms with Crippen molar-refractivity contribution in [1.29, 1.82) is 5.26 Å². The number of imidazole rings is 1. The predicted octanol–water partition coefficient (Wildman–Crippen LogP) is 6.30. The number of aliphatic hydroxyl groups excluding tert-OH is 1. The molecule has 2 aromatic heterocycles. The maximum absolute atomic E-state index is 10.1. The summed E-state index contributed by atoms with van der Waals surface area (Å²) in [4.78, 5) is 4.84. The third-order valence-electron chi connectivity index (χ3n) is 6.85. The molecule has 3 rings (SSSR count). The molecule has 0 spiro atoms. The summed E-state index contributed by atoms with van der Waals surface area (Å²) in [5, 5.41) is 19.1. The number of benzene rings is 1. The van der Waals surface area contributed by atoms with Crippen LogP contribution in [-0.2, 0) is 0 Å². The Kier molecular flexibility index (Phi) is 10.3. The van der Waals surface area contributed by atoms with Crippen molar-refractivity contribution in [3.63, 3.8) is 0 Å². The molecule has 1 N–H and O–H groups in total. The van der Waals surface area contributed by atoms with Gasteiger partial charge in [-0.15, -0.1) is 0 Å². The van der Waals surface area contributed by atoms with Crippen LogP contribution in [0.2, 0.25) is 13.3 Å². The van der Waals surface area contributed by atoms with Gasteiger partial charge in [0.2, 0.25) is 0 Å². The summed E-state index contributed by atoms with van der Waals surface area (Å²) >= 11 is -2.61. The molecule has 0 fully saturated rings. The minimum atomic E-state index is -2.61. The van der Waals surface area contributed by atoms with Crippen molar-refractivity contribution >= 4 is 27.6 Å².